The summed E-state index contributed by atoms with van der Waals surface area (Å²) in [6, 6.07) is 1.77. The van der Waals surface area contributed by atoms with Crippen LogP contribution < -0.4 is 9.64 Å². The number of amides is 1. The van der Waals surface area contributed by atoms with Gasteiger partial charge in [-0.3, -0.25) is 4.79 Å². The minimum atomic E-state index is -0.162. The van der Waals surface area contributed by atoms with Crippen LogP contribution in [0, 0.1) is 5.92 Å². The molecule has 3 rings (SSSR count). The number of aldehydes is 1. The van der Waals surface area contributed by atoms with Gasteiger partial charge in [-0.15, -0.1) is 0 Å². The molecule has 1 fully saturated rings. The number of pyridine rings is 1. The summed E-state index contributed by atoms with van der Waals surface area (Å²) < 4.78 is 5.73. The number of fused-ring (bicyclic) bond motifs is 1. The van der Waals surface area contributed by atoms with Crippen molar-refractivity contribution in [3.63, 3.8) is 0 Å². The van der Waals surface area contributed by atoms with E-state index in [1.54, 1.807) is 18.3 Å². The van der Waals surface area contributed by atoms with Crippen molar-refractivity contribution >= 4 is 18.0 Å². The molecule has 1 saturated heterocycles. The number of carbonyl (C=O) groups is 2. The summed E-state index contributed by atoms with van der Waals surface area (Å²) in [5.74, 6) is 1.10. The van der Waals surface area contributed by atoms with Gasteiger partial charge >= 0.3 is 0 Å². The fourth-order valence-corrected chi connectivity index (χ4v) is 3.17. The third-order valence-electron chi connectivity index (χ3n) is 4.70. The summed E-state index contributed by atoms with van der Waals surface area (Å²) >= 11 is 0. The lowest BCUT2D eigenvalue weighted by Crippen LogP contribution is -2.36. The van der Waals surface area contributed by atoms with Gasteiger partial charge in [0, 0.05) is 30.9 Å². The van der Waals surface area contributed by atoms with Crippen molar-refractivity contribution in [2.75, 3.05) is 31.1 Å². The molecule has 1 amide bonds. The van der Waals surface area contributed by atoms with E-state index in [1.807, 2.05) is 22.8 Å². The van der Waals surface area contributed by atoms with Crippen LogP contribution in [0.5, 0.6) is 5.75 Å². The maximum atomic E-state index is 12.7. The Morgan fingerprint density at radius 3 is 2.81 bits per heavy atom. The average molecular weight is 355 g/mol. The summed E-state index contributed by atoms with van der Waals surface area (Å²) in [6.45, 7) is 8.61. The van der Waals surface area contributed by atoms with Gasteiger partial charge < -0.3 is 19.3 Å². The quantitative estimate of drug-likeness (QED) is 0.600. The third-order valence-corrected chi connectivity index (χ3v) is 4.70. The second-order valence-corrected chi connectivity index (χ2v) is 6.74. The maximum absolute atomic E-state index is 12.7. The molecular formula is C20H25N3O3. The fraction of sp³-hybridized carbons (Fsp3) is 0.450. The molecule has 138 valence electrons. The summed E-state index contributed by atoms with van der Waals surface area (Å²) in [7, 11) is 0. The second-order valence-electron chi connectivity index (χ2n) is 6.74. The van der Waals surface area contributed by atoms with Gasteiger partial charge in [0.1, 0.15) is 12.9 Å². The van der Waals surface area contributed by atoms with Crippen LogP contribution in [0.4, 0.5) is 5.82 Å². The minimum absolute atomic E-state index is 0.0132. The molecular weight excluding hydrogens is 330 g/mol. The van der Waals surface area contributed by atoms with Crippen LogP contribution in [-0.4, -0.2) is 48.3 Å². The van der Waals surface area contributed by atoms with Crippen molar-refractivity contribution in [1.29, 1.82) is 0 Å². The number of nitrogens with zero attached hydrogens (tertiary/aromatic N) is 3. The smallest absolute Gasteiger partial charge is 0.255 e. The molecule has 0 N–H and O–H groups in total. The third kappa shape index (κ3) is 3.95. The Hall–Kier alpha value is -2.63. The first-order valence-electron chi connectivity index (χ1n) is 9.12. The van der Waals surface area contributed by atoms with Crippen LogP contribution in [0.15, 0.2) is 36.7 Å². The summed E-state index contributed by atoms with van der Waals surface area (Å²) in [5.41, 5.74) is 1.30. The Balaban J connectivity index is 1.78. The van der Waals surface area contributed by atoms with Crippen molar-refractivity contribution in [1.82, 2.24) is 9.88 Å². The lowest BCUT2D eigenvalue weighted by Gasteiger charge is -2.31. The van der Waals surface area contributed by atoms with E-state index in [-0.39, 0.29) is 11.8 Å². The number of rotatable bonds is 5. The Bertz CT molecular complexity index is 723. The van der Waals surface area contributed by atoms with Crippen molar-refractivity contribution in [3.8, 4) is 5.75 Å². The number of aromatic nitrogens is 1. The standard InChI is InChI=1S/C20H25N3O3/c1-15(14-24)6-7-16(2)23-10-11-26-18-12-17(13-21-19(18)23)20(25)22-8-4-3-5-9-22/h6-7,12-15H,2-5,8-11H2,1H3/b7-6-. The van der Waals surface area contributed by atoms with Gasteiger partial charge in [0.15, 0.2) is 11.6 Å². The number of hydrogen-bond donors (Lipinski definition) is 0. The number of piperidine rings is 1. The van der Waals surface area contributed by atoms with Gasteiger partial charge in [-0.1, -0.05) is 19.6 Å². The zero-order chi connectivity index (χ0) is 18.5. The van der Waals surface area contributed by atoms with Crippen molar-refractivity contribution in [2.24, 2.45) is 5.92 Å². The highest BCUT2D eigenvalue weighted by Crippen LogP contribution is 2.32. The van der Waals surface area contributed by atoms with E-state index in [0.717, 1.165) is 37.9 Å². The monoisotopic (exact) mass is 355 g/mol. The first kappa shape index (κ1) is 18.2. The minimum Gasteiger partial charge on any atom is -0.488 e. The van der Waals surface area contributed by atoms with Crippen molar-refractivity contribution in [2.45, 2.75) is 26.2 Å². The number of carbonyl (C=O) groups excluding carboxylic acids is 2. The van der Waals surface area contributed by atoms with E-state index in [9.17, 15) is 9.59 Å². The molecule has 0 radical (unpaired) electrons. The molecule has 1 aromatic rings. The average Bonchev–Trinajstić information content (AvgIpc) is 2.70. The molecule has 1 atom stereocenters. The summed E-state index contributed by atoms with van der Waals surface area (Å²) in [6.07, 6.45) is 9.42. The van der Waals surface area contributed by atoms with E-state index in [2.05, 4.69) is 11.6 Å². The van der Waals surface area contributed by atoms with Gasteiger partial charge in [-0.05, 0) is 31.4 Å². The van der Waals surface area contributed by atoms with Crippen LogP contribution in [-0.2, 0) is 4.79 Å². The van der Waals surface area contributed by atoms with Crippen LogP contribution in [0.2, 0.25) is 0 Å². The molecule has 2 aliphatic heterocycles. The second kappa shape index (κ2) is 8.17. The van der Waals surface area contributed by atoms with Crippen LogP contribution in [0.25, 0.3) is 0 Å². The van der Waals surface area contributed by atoms with Gasteiger partial charge in [-0.2, -0.15) is 0 Å². The predicted octanol–water partition coefficient (Wildman–Crippen LogP) is 2.81. The predicted molar refractivity (Wildman–Crippen MR) is 100 cm³/mol. The summed E-state index contributed by atoms with van der Waals surface area (Å²) in [4.78, 5) is 31.7. The Kier molecular flexibility index (Phi) is 5.71. The number of likely N-dealkylation sites (tertiary alicyclic amines) is 1. The fourth-order valence-electron chi connectivity index (χ4n) is 3.17. The molecule has 0 aliphatic carbocycles. The molecule has 1 unspecified atom stereocenters. The van der Waals surface area contributed by atoms with E-state index < -0.39 is 0 Å². The topological polar surface area (TPSA) is 62.7 Å². The van der Waals surface area contributed by atoms with E-state index >= 15 is 0 Å². The van der Waals surface area contributed by atoms with E-state index in [4.69, 9.17) is 4.74 Å². The largest absolute Gasteiger partial charge is 0.488 e. The molecule has 0 spiro atoms. The number of allylic oxidation sites excluding steroid dienone is 2. The summed E-state index contributed by atoms with van der Waals surface area (Å²) in [5, 5.41) is 0. The van der Waals surface area contributed by atoms with Crippen LogP contribution >= 0.6 is 0 Å². The Labute approximate surface area is 154 Å². The molecule has 3 heterocycles. The first-order valence-corrected chi connectivity index (χ1v) is 9.12. The molecule has 0 aromatic carbocycles. The highest BCUT2D eigenvalue weighted by molar-refractivity contribution is 5.95. The number of hydrogen-bond acceptors (Lipinski definition) is 5. The molecule has 2 aliphatic rings. The first-order chi connectivity index (χ1) is 12.6. The SMILES string of the molecule is C=C(/C=C\C(C)C=O)N1CCOc2cc(C(=O)N3CCCCC3)cnc21. The molecule has 26 heavy (non-hydrogen) atoms. The molecule has 1 aromatic heterocycles. The molecule has 0 bridgehead atoms. The highest BCUT2D eigenvalue weighted by atomic mass is 16.5. The number of ether oxygens (including phenoxy) is 1. The lowest BCUT2D eigenvalue weighted by atomic mass is 10.1. The molecule has 6 heteroatoms. The lowest BCUT2D eigenvalue weighted by molar-refractivity contribution is -0.109. The van der Waals surface area contributed by atoms with Crippen LogP contribution in [0.1, 0.15) is 36.5 Å². The maximum Gasteiger partial charge on any atom is 0.255 e. The zero-order valence-electron chi connectivity index (χ0n) is 15.2. The van der Waals surface area contributed by atoms with E-state index in [0.29, 0.717) is 30.3 Å². The van der Waals surface area contributed by atoms with Crippen molar-refractivity contribution < 1.29 is 14.3 Å². The Morgan fingerprint density at radius 1 is 1.31 bits per heavy atom. The normalized spacial score (nSPS) is 18.2. The Morgan fingerprint density at radius 2 is 2.08 bits per heavy atom. The van der Waals surface area contributed by atoms with Crippen molar-refractivity contribution in [3.05, 3.63) is 42.3 Å². The van der Waals surface area contributed by atoms with Gasteiger partial charge in [0.2, 0.25) is 0 Å². The number of anilines is 1. The van der Waals surface area contributed by atoms with Gasteiger partial charge in [0.25, 0.3) is 5.91 Å². The zero-order valence-corrected chi connectivity index (χ0v) is 15.2. The van der Waals surface area contributed by atoms with Gasteiger partial charge in [0.05, 0.1) is 12.1 Å². The van der Waals surface area contributed by atoms with Crippen LogP contribution in [0.3, 0.4) is 0 Å². The van der Waals surface area contributed by atoms with E-state index in [1.165, 1.54) is 6.42 Å². The molecule has 6 nitrogen and oxygen atoms in total. The highest BCUT2D eigenvalue weighted by Gasteiger charge is 2.24. The van der Waals surface area contributed by atoms with Gasteiger partial charge in [-0.25, -0.2) is 4.98 Å². The molecule has 0 saturated carbocycles.